The third kappa shape index (κ3) is 1.96. The van der Waals surface area contributed by atoms with Crippen LogP contribution in [0, 0.1) is 17.1 Å². The highest BCUT2D eigenvalue weighted by molar-refractivity contribution is 5.25. The van der Waals surface area contributed by atoms with Crippen molar-refractivity contribution in [1.82, 2.24) is 4.98 Å². The molecule has 0 saturated carbocycles. The third-order valence-corrected chi connectivity index (χ3v) is 1.49. The molecule has 0 aliphatic rings. The third-order valence-electron chi connectivity index (χ3n) is 1.49. The van der Waals surface area contributed by atoms with Gasteiger partial charge in [-0.15, -0.1) is 0 Å². The Balaban J connectivity index is 3.19. The Morgan fingerprint density at radius 2 is 2.23 bits per heavy atom. The minimum atomic E-state index is -2.85. The molecule has 1 aromatic rings. The highest BCUT2D eigenvalue weighted by Gasteiger charge is 2.17. The Labute approximate surface area is 72.6 Å². The average Bonchev–Trinajstić information content (AvgIpc) is 2.08. The first-order chi connectivity index (χ1) is 6.16. The van der Waals surface area contributed by atoms with E-state index in [1.54, 1.807) is 6.07 Å². The Morgan fingerprint density at radius 1 is 1.54 bits per heavy atom. The number of halogens is 3. The van der Waals surface area contributed by atoms with E-state index in [4.69, 9.17) is 5.26 Å². The fraction of sp³-hybridized carbons (Fsp3) is 0.250. The van der Waals surface area contributed by atoms with E-state index < -0.39 is 17.9 Å². The lowest BCUT2D eigenvalue weighted by atomic mass is 10.1. The number of pyridine rings is 1. The van der Waals surface area contributed by atoms with Gasteiger partial charge in [0.1, 0.15) is 11.5 Å². The SMILES string of the molecule is N#CCc1c(F)ccnc1C(F)F. The van der Waals surface area contributed by atoms with Crippen LogP contribution < -0.4 is 0 Å². The Hall–Kier alpha value is -1.57. The van der Waals surface area contributed by atoms with Gasteiger partial charge in [0.25, 0.3) is 6.43 Å². The van der Waals surface area contributed by atoms with Crippen LogP contribution in [0.2, 0.25) is 0 Å². The molecule has 0 saturated heterocycles. The molecule has 13 heavy (non-hydrogen) atoms. The number of alkyl halides is 2. The summed E-state index contributed by atoms with van der Waals surface area (Å²) in [4.78, 5) is 3.32. The van der Waals surface area contributed by atoms with E-state index in [2.05, 4.69) is 4.98 Å². The zero-order chi connectivity index (χ0) is 9.84. The van der Waals surface area contributed by atoms with E-state index in [9.17, 15) is 13.2 Å². The number of nitrogens with zero attached hydrogens (tertiary/aromatic N) is 2. The molecule has 0 bridgehead atoms. The van der Waals surface area contributed by atoms with Crippen LogP contribution in [0.25, 0.3) is 0 Å². The van der Waals surface area contributed by atoms with Gasteiger partial charge in [0.2, 0.25) is 0 Å². The van der Waals surface area contributed by atoms with Gasteiger partial charge in [-0.25, -0.2) is 13.2 Å². The number of rotatable bonds is 2. The molecule has 1 rings (SSSR count). The monoisotopic (exact) mass is 186 g/mol. The van der Waals surface area contributed by atoms with Crippen LogP contribution in [-0.2, 0) is 6.42 Å². The number of nitriles is 1. The molecule has 0 N–H and O–H groups in total. The minimum absolute atomic E-state index is 0.319. The second-order valence-corrected chi connectivity index (χ2v) is 2.29. The first-order valence-electron chi connectivity index (χ1n) is 3.45. The summed E-state index contributed by atoms with van der Waals surface area (Å²) >= 11 is 0. The topological polar surface area (TPSA) is 36.7 Å². The van der Waals surface area contributed by atoms with Gasteiger partial charge in [-0.3, -0.25) is 4.98 Å². The maximum atomic E-state index is 12.9. The number of aromatic nitrogens is 1. The zero-order valence-electron chi connectivity index (χ0n) is 6.47. The molecule has 1 heterocycles. The van der Waals surface area contributed by atoms with Gasteiger partial charge in [0.15, 0.2) is 0 Å². The van der Waals surface area contributed by atoms with Crippen LogP contribution >= 0.6 is 0 Å². The smallest absolute Gasteiger partial charge is 0.255 e. The largest absolute Gasteiger partial charge is 0.280 e. The van der Waals surface area contributed by atoms with Gasteiger partial charge in [-0.1, -0.05) is 0 Å². The number of hydrogen-bond acceptors (Lipinski definition) is 2. The Kier molecular flexibility index (Phi) is 2.85. The highest BCUT2D eigenvalue weighted by Crippen LogP contribution is 2.22. The predicted molar refractivity (Wildman–Crippen MR) is 38.5 cm³/mol. The van der Waals surface area contributed by atoms with Gasteiger partial charge >= 0.3 is 0 Å². The summed E-state index contributed by atoms with van der Waals surface area (Å²) in [6.07, 6.45) is -2.28. The van der Waals surface area contributed by atoms with Crippen molar-refractivity contribution in [3.8, 4) is 6.07 Å². The quantitative estimate of drug-likeness (QED) is 0.710. The van der Waals surface area contributed by atoms with Crippen LogP contribution in [0.1, 0.15) is 17.7 Å². The molecule has 0 unspecified atom stereocenters. The lowest BCUT2D eigenvalue weighted by molar-refractivity contribution is 0.144. The van der Waals surface area contributed by atoms with Crippen molar-refractivity contribution in [3.05, 3.63) is 29.3 Å². The molecule has 0 fully saturated rings. The van der Waals surface area contributed by atoms with Crippen molar-refractivity contribution in [2.45, 2.75) is 12.8 Å². The molecule has 0 atom stereocenters. The maximum absolute atomic E-state index is 12.9. The standard InChI is InChI=1S/C8H5F3N2/c9-6-2-4-13-7(8(10)11)5(6)1-3-12/h2,4,8H,1H2. The van der Waals surface area contributed by atoms with Crippen molar-refractivity contribution in [1.29, 1.82) is 5.26 Å². The molecule has 5 heteroatoms. The Bertz CT molecular complexity index is 344. The second kappa shape index (κ2) is 3.90. The molecule has 0 aliphatic carbocycles. The van der Waals surface area contributed by atoms with Gasteiger partial charge < -0.3 is 0 Å². The fourth-order valence-electron chi connectivity index (χ4n) is 0.926. The predicted octanol–water partition coefficient (Wildman–Crippen LogP) is 2.22. The molecule has 0 amide bonds. The summed E-state index contributed by atoms with van der Waals surface area (Å²) in [7, 11) is 0. The normalized spacial score (nSPS) is 10.1. The molecular formula is C8H5F3N2. The summed E-state index contributed by atoms with van der Waals surface area (Å²) in [6.45, 7) is 0. The summed E-state index contributed by atoms with van der Waals surface area (Å²) in [5.74, 6) is -0.813. The van der Waals surface area contributed by atoms with Gasteiger partial charge in [-0.05, 0) is 6.07 Å². The first-order valence-corrected chi connectivity index (χ1v) is 3.45. The average molecular weight is 186 g/mol. The molecule has 68 valence electrons. The van der Waals surface area contributed by atoms with Gasteiger partial charge in [0, 0.05) is 11.8 Å². The van der Waals surface area contributed by atoms with Crippen LogP contribution in [-0.4, -0.2) is 4.98 Å². The van der Waals surface area contributed by atoms with Crippen molar-refractivity contribution in [2.24, 2.45) is 0 Å². The van der Waals surface area contributed by atoms with Crippen molar-refractivity contribution < 1.29 is 13.2 Å². The van der Waals surface area contributed by atoms with Crippen molar-refractivity contribution in [2.75, 3.05) is 0 Å². The molecule has 0 aliphatic heterocycles. The van der Waals surface area contributed by atoms with E-state index in [1.807, 2.05) is 0 Å². The molecule has 0 spiro atoms. The van der Waals surface area contributed by atoms with Gasteiger partial charge in [0.05, 0.1) is 12.5 Å². The molecular weight excluding hydrogens is 181 g/mol. The Morgan fingerprint density at radius 3 is 2.77 bits per heavy atom. The minimum Gasteiger partial charge on any atom is -0.255 e. The summed E-state index contributed by atoms with van der Waals surface area (Å²) < 4.78 is 37.3. The lowest BCUT2D eigenvalue weighted by Crippen LogP contribution is -2.00. The van der Waals surface area contributed by atoms with Gasteiger partial charge in [-0.2, -0.15) is 5.26 Å². The molecule has 0 aromatic carbocycles. The molecule has 1 aromatic heterocycles. The van der Waals surface area contributed by atoms with Crippen LogP contribution in [0.3, 0.4) is 0 Å². The molecule has 2 nitrogen and oxygen atoms in total. The summed E-state index contributed by atoms with van der Waals surface area (Å²) in [5, 5.41) is 8.26. The van der Waals surface area contributed by atoms with E-state index in [0.29, 0.717) is 0 Å². The second-order valence-electron chi connectivity index (χ2n) is 2.29. The highest BCUT2D eigenvalue weighted by atomic mass is 19.3. The van der Waals surface area contributed by atoms with E-state index in [1.165, 1.54) is 0 Å². The first kappa shape index (κ1) is 9.52. The van der Waals surface area contributed by atoms with E-state index >= 15 is 0 Å². The van der Waals surface area contributed by atoms with E-state index in [0.717, 1.165) is 12.3 Å². The van der Waals surface area contributed by atoms with Crippen LogP contribution in [0.15, 0.2) is 12.3 Å². The van der Waals surface area contributed by atoms with Crippen molar-refractivity contribution >= 4 is 0 Å². The summed E-state index contributed by atoms with van der Waals surface area (Å²) in [5.41, 5.74) is -0.971. The number of hydrogen-bond donors (Lipinski definition) is 0. The maximum Gasteiger partial charge on any atom is 0.280 e. The lowest BCUT2D eigenvalue weighted by Gasteiger charge is -2.04. The van der Waals surface area contributed by atoms with Crippen LogP contribution in [0.5, 0.6) is 0 Å². The van der Waals surface area contributed by atoms with Crippen LogP contribution in [0.4, 0.5) is 13.2 Å². The summed E-state index contributed by atoms with van der Waals surface area (Å²) in [6, 6.07) is 2.56. The molecule has 0 radical (unpaired) electrons. The zero-order valence-corrected chi connectivity index (χ0v) is 6.47. The van der Waals surface area contributed by atoms with E-state index in [-0.39, 0.29) is 12.0 Å². The fourth-order valence-corrected chi connectivity index (χ4v) is 0.926. The van der Waals surface area contributed by atoms with Crippen molar-refractivity contribution in [3.63, 3.8) is 0 Å².